The standard InChI is InChI=1S/C11H17N3O2/c1-14-10(11(15)16)6-9(13-14)5-8-3-2-4-12-7-8/h6,8,12H,2-5,7H2,1H3,(H,15,16). The van der Waals surface area contributed by atoms with Crippen molar-refractivity contribution < 1.29 is 9.90 Å². The molecule has 5 nitrogen and oxygen atoms in total. The fraction of sp³-hybridized carbons (Fsp3) is 0.636. The summed E-state index contributed by atoms with van der Waals surface area (Å²) in [4.78, 5) is 10.9. The molecule has 0 saturated carbocycles. The van der Waals surface area contributed by atoms with Crippen molar-refractivity contribution in [3.8, 4) is 0 Å². The van der Waals surface area contributed by atoms with Crippen LogP contribution in [-0.4, -0.2) is 33.9 Å². The van der Waals surface area contributed by atoms with E-state index >= 15 is 0 Å². The average Bonchev–Trinajstić information content (AvgIpc) is 2.61. The predicted molar refractivity (Wildman–Crippen MR) is 59.5 cm³/mol. The van der Waals surface area contributed by atoms with Gasteiger partial charge in [0.2, 0.25) is 0 Å². The molecule has 1 fully saturated rings. The third kappa shape index (κ3) is 2.41. The number of nitrogens with zero attached hydrogens (tertiary/aromatic N) is 2. The Morgan fingerprint density at radius 2 is 2.56 bits per heavy atom. The van der Waals surface area contributed by atoms with Crippen molar-refractivity contribution in [1.82, 2.24) is 15.1 Å². The zero-order valence-electron chi connectivity index (χ0n) is 9.44. The highest BCUT2D eigenvalue weighted by atomic mass is 16.4. The van der Waals surface area contributed by atoms with Crippen LogP contribution in [0.5, 0.6) is 0 Å². The highest BCUT2D eigenvalue weighted by Gasteiger charge is 2.17. The lowest BCUT2D eigenvalue weighted by Gasteiger charge is -2.21. The number of carbonyl (C=O) groups is 1. The zero-order valence-corrected chi connectivity index (χ0v) is 9.44. The first-order valence-electron chi connectivity index (χ1n) is 5.63. The fourth-order valence-electron chi connectivity index (χ4n) is 2.22. The molecule has 88 valence electrons. The van der Waals surface area contributed by atoms with Crippen LogP contribution in [0.15, 0.2) is 6.07 Å². The monoisotopic (exact) mass is 223 g/mol. The molecule has 0 radical (unpaired) electrons. The van der Waals surface area contributed by atoms with Crippen molar-refractivity contribution in [1.29, 1.82) is 0 Å². The minimum Gasteiger partial charge on any atom is -0.477 e. The summed E-state index contributed by atoms with van der Waals surface area (Å²) in [5.41, 5.74) is 1.15. The lowest BCUT2D eigenvalue weighted by molar-refractivity contribution is 0.0685. The van der Waals surface area contributed by atoms with Crippen molar-refractivity contribution in [2.45, 2.75) is 19.3 Å². The third-order valence-corrected chi connectivity index (χ3v) is 3.05. The molecule has 0 aliphatic carbocycles. The van der Waals surface area contributed by atoms with Gasteiger partial charge < -0.3 is 10.4 Å². The van der Waals surface area contributed by atoms with Gasteiger partial charge in [0.15, 0.2) is 0 Å². The first-order valence-corrected chi connectivity index (χ1v) is 5.63. The molecule has 1 saturated heterocycles. The first kappa shape index (κ1) is 11.1. The maximum absolute atomic E-state index is 10.9. The molecule has 1 aromatic heterocycles. The third-order valence-electron chi connectivity index (χ3n) is 3.05. The number of aromatic carboxylic acids is 1. The lowest BCUT2D eigenvalue weighted by atomic mass is 9.95. The summed E-state index contributed by atoms with van der Waals surface area (Å²) in [7, 11) is 1.67. The van der Waals surface area contributed by atoms with Gasteiger partial charge in [-0.15, -0.1) is 0 Å². The number of carboxylic acid groups (broad SMARTS) is 1. The summed E-state index contributed by atoms with van der Waals surface area (Å²) in [6, 6.07) is 1.68. The lowest BCUT2D eigenvalue weighted by Crippen LogP contribution is -2.30. The number of aryl methyl sites for hydroxylation is 1. The van der Waals surface area contributed by atoms with Gasteiger partial charge in [-0.05, 0) is 44.3 Å². The Bertz CT molecular complexity index is 381. The van der Waals surface area contributed by atoms with E-state index in [4.69, 9.17) is 5.11 Å². The molecular weight excluding hydrogens is 206 g/mol. The van der Waals surface area contributed by atoms with Crippen molar-refractivity contribution in [3.63, 3.8) is 0 Å². The normalized spacial score (nSPS) is 20.9. The molecule has 1 aliphatic heterocycles. The number of nitrogens with one attached hydrogen (secondary N) is 1. The van der Waals surface area contributed by atoms with Crippen molar-refractivity contribution in [3.05, 3.63) is 17.5 Å². The van der Waals surface area contributed by atoms with Crippen molar-refractivity contribution in [2.75, 3.05) is 13.1 Å². The molecule has 0 bridgehead atoms. The van der Waals surface area contributed by atoms with E-state index in [2.05, 4.69) is 10.4 Å². The van der Waals surface area contributed by atoms with E-state index in [0.29, 0.717) is 5.92 Å². The largest absolute Gasteiger partial charge is 0.477 e. The number of piperidine rings is 1. The molecule has 0 aromatic carbocycles. The van der Waals surface area contributed by atoms with E-state index in [1.807, 2.05) is 0 Å². The van der Waals surface area contributed by atoms with Crippen molar-refractivity contribution >= 4 is 5.97 Å². The Morgan fingerprint density at radius 3 is 3.12 bits per heavy atom. The highest BCUT2D eigenvalue weighted by Crippen LogP contribution is 2.16. The number of hydrogen-bond donors (Lipinski definition) is 2. The topological polar surface area (TPSA) is 67.2 Å². The van der Waals surface area contributed by atoms with Crippen LogP contribution in [0.25, 0.3) is 0 Å². The Labute approximate surface area is 94.5 Å². The fourth-order valence-corrected chi connectivity index (χ4v) is 2.22. The second kappa shape index (κ2) is 4.65. The van der Waals surface area contributed by atoms with E-state index in [1.54, 1.807) is 13.1 Å². The van der Waals surface area contributed by atoms with Crippen LogP contribution in [0, 0.1) is 5.92 Å². The first-order chi connectivity index (χ1) is 7.66. The summed E-state index contributed by atoms with van der Waals surface area (Å²) in [6.45, 7) is 2.11. The molecule has 0 amide bonds. The van der Waals surface area contributed by atoms with Crippen LogP contribution in [0.3, 0.4) is 0 Å². The molecule has 16 heavy (non-hydrogen) atoms. The molecule has 2 rings (SSSR count). The number of carboxylic acids is 1. The number of aromatic nitrogens is 2. The molecule has 1 unspecified atom stereocenters. The Morgan fingerprint density at radius 1 is 1.75 bits per heavy atom. The number of hydrogen-bond acceptors (Lipinski definition) is 3. The van der Waals surface area contributed by atoms with Gasteiger partial charge in [-0.3, -0.25) is 4.68 Å². The summed E-state index contributed by atoms with van der Waals surface area (Å²) in [6.07, 6.45) is 3.27. The quantitative estimate of drug-likeness (QED) is 0.790. The minimum absolute atomic E-state index is 0.263. The zero-order chi connectivity index (χ0) is 11.5. The maximum Gasteiger partial charge on any atom is 0.354 e. The second-order valence-electron chi connectivity index (χ2n) is 4.37. The second-order valence-corrected chi connectivity index (χ2v) is 4.37. The predicted octanol–water partition coefficient (Wildman–Crippen LogP) is 0.660. The SMILES string of the molecule is Cn1nc(CC2CCCNC2)cc1C(=O)O. The highest BCUT2D eigenvalue weighted by molar-refractivity contribution is 5.85. The molecule has 2 heterocycles. The van der Waals surface area contributed by atoms with Crippen LogP contribution in [-0.2, 0) is 13.5 Å². The molecule has 5 heteroatoms. The summed E-state index contributed by atoms with van der Waals surface area (Å²) < 4.78 is 1.44. The van der Waals surface area contributed by atoms with Crippen LogP contribution in [0.2, 0.25) is 0 Å². The van der Waals surface area contributed by atoms with E-state index in [1.165, 1.54) is 17.5 Å². The molecule has 1 aliphatic rings. The summed E-state index contributed by atoms with van der Waals surface area (Å²) >= 11 is 0. The van der Waals surface area contributed by atoms with E-state index in [9.17, 15) is 4.79 Å². The van der Waals surface area contributed by atoms with Gasteiger partial charge >= 0.3 is 5.97 Å². The van der Waals surface area contributed by atoms with E-state index < -0.39 is 5.97 Å². The number of rotatable bonds is 3. The Balaban J connectivity index is 2.03. The molecule has 1 atom stereocenters. The minimum atomic E-state index is -0.914. The summed E-state index contributed by atoms with van der Waals surface area (Å²) in [5, 5.41) is 16.5. The van der Waals surface area contributed by atoms with Crippen molar-refractivity contribution in [2.24, 2.45) is 13.0 Å². The van der Waals surface area contributed by atoms with Gasteiger partial charge in [0.1, 0.15) is 5.69 Å². The summed E-state index contributed by atoms with van der Waals surface area (Å²) in [5.74, 6) is -0.326. The van der Waals surface area contributed by atoms with Gasteiger partial charge in [0, 0.05) is 7.05 Å². The maximum atomic E-state index is 10.9. The van der Waals surface area contributed by atoms with Gasteiger partial charge in [-0.1, -0.05) is 0 Å². The van der Waals surface area contributed by atoms with Gasteiger partial charge in [-0.25, -0.2) is 4.79 Å². The average molecular weight is 223 g/mol. The van der Waals surface area contributed by atoms with Crippen LogP contribution in [0.4, 0.5) is 0 Å². The Kier molecular flexibility index (Phi) is 3.24. The Hall–Kier alpha value is -1.36. The van der Waals surface area contributed by atoms with Crippen LogP contribution in [0.1, 0.15) is 29.0 Å². The van der Waals surface area contributed by atoms with Gasteiger partial charge in [-0.2, -0.15) is 5.10 Å². The smallest absolute Gasteiger partial charge is 0.354 e. The van der Waals surface area contributed by atoms with Crippen LogP contribution >= 0.6 is 0 Å². The van der Waals surface area contributed by atoms with Gasteiger partial charge in [0.25, 0.3) is 0 Å². The molecule has 1 aromatic rings. The van der Waals surface area contributed by atoms with Gasteiger partial charge in [0.05, 0.1) is 5.69 Å². The van der Waals surface area contributed by atoms with E-state index in [0.717, 1.165) is 25.2 Å². The van der Waals surface area contributed by atoms with Crippen LogP contribution < -0.4 is 5.32 Å². The van der Waals surface area contributed by atoms with E-state index in [-0.39, 0.29) is 5.69 Å². The molecular formula is C11H17N3O2. The molecule has 0 spiro atoms. The molecule has 2 N–H and O–H groups in total.